The first-order chi connectivity index (χ1) is 9.94. The molecule has 0 bridgehead atoms. The smallest absolute Gasteiger partial charge is 0.287 e. The van der Waals surface area contributed by atoms with E-state index in [2.05, 4.69) is 5.32 Å². The van der Waals surface area contributed by atoms with E-state index in [0.717, 1.165) is 6.42 Å². The van der Waals surface area contributed by atoms with Crippen molar-refractivity contribution in [3.8, 4) is 0 Å². The molecule has 1 heterocycles. The second-order valence-corrected chi connectivity index (χ2v) is 5.83. The number of nitrogens with zero attached hydrogens (tertiary/aromatic N) is 2. The highest BCUT2D eigenvalue weighted by Crippen LogP contribution is 2.18. The summed E-state index contributed by atoms with van der Waals surface area (Å²) in [6.07, 6.45) is 4.00. The SMILES string of the molecule is CCCn1cc([N+](=O)[O-])cc1C(=O)NC(C)C(CO)SC. The number of carbonyl (C=O) groups excluding carboxylic acids is 1. The number of thioether (sulfide) groups is 1. The number of nitro groups is 1. The summed E-state index contributed by atoms with van der Waals surface area (Å²) < 4.78 is 1.59. The molecule has 1 amide bonds. The maximum atomic E-state index is 12.3. The first kappa shape index (κ1) is 17.5. The predicted octanol–water partition coefficient (Wildman–Crippen LogP) is 1.65. The highest BCUT2D eigenvalue weighted by molar-refractivity contribution is 7.99. The fourth-order valence-electron chi connectivity index (χ4n) is 2.02. The normalized spacial score (nSPS) is 13.7. The lowest BCUT2D eigenvalue weighted by atomic mass is 10.2. The molecule has 0 saturated carbocycles. The number of nitrogens with one attached hydrogen (secondary N) is 1. The van der Waals surface area contributed by atoms with Crippen LogP contribution in [0.4, 0.5) is 5.69 Å². The molecule has 1 rings (SSSR count). The number of aliphatic hydroxyl groups excluding tert-OH is 1. The number of aliphatic hydroxyl groups is 1. The Morgan fingerprint density at radius 1 is 1.62 bits per heavy atom. The second kappa shape index (κ2) is 8.04. The van der Waals surface area contributed by atoms with Crippen LogP contribution in [0.3, 0.4) is 0 Å². The van der Waals surface area contributed by atoms with E-state index in [1.807, 2.05) is 13.2 Å². The fraction of sp³-hybridized carbons (Fsp3) is 0.615. The second-order valence-electron chi connectivity index (χ2n) is 4.75. The highest BCUT2D eigenvalue weighted by Gasteiger charge is 2.23. The van der Waals surface area contributed by atoms with Gasteiger partial charge in [0.25, 0.3) is 11.6 Å². The Bertz CT molecular complexity index is 500. The lowest BCUT2D eigenvalue weighted by Gasteiger charge is -2.21. The Kier molecular flexibility index (Phi) is 6.70. The van der Waals surface area contributed by atoms with Gasteiger partial charge in [0, 0.05) is 23.9 Å². The van der Waals surface area contributed by atoms with Gasteiger partial charge < -0.3 is 15.0 Å². The average molecular weight is 315 g/mol. The molecule has 7 nitrogen and oxygen atoms in total. The quantitative estimate of drug-likeness (QED) is 0.561. The van der Waals surface area contributed by atoms with Gasteiger partial charge in [-0.15, -0.1) is 0 Å². The van der Waals surface area contributed by atoms with Gasteiger partial charge in [0.15, 0.2) is 0 Å². The molecule has 8 heteroatoms. The predicted molar refractivity (Wildman–Crippen MR) is 82.7 cm³/mol. The van der Waals surface area contributed by atoms with Crippen molar-refractivity contribution in [2.45, 2.75) is 38.1 Å². The minimum Gasteiger partial charge on any atom is -0.395 e. The highest BCUT2D eigenvalue weighted by atomic mass is 32.2. The molecule has 0 radical (unpaired) electrons. The lowest BCUT2D eigenvalue weighted by molar-refractivity contribution is -0.384. The van der Waals surface area contributed by atoms with Crippen LogP contribution in [-0.2, 0) is 6.54 Å². The summed E-state index contributed by atoms with van der Waals surface area (Å²) in [6, 6.07) is 1.05. The Morgan fingerprint density at radius 3 is 2.76 bits per heavy atom. The third kappa shape index (κ3) is 4.47. The topological polar surface area (TPSA) is 97.4 Å². The zero-order valence-corrected chi connectivity index (χ0v) is 13.2. The van der Waals surface area contributed by atoms with Gasteiger partial charge in [-0.05, 0) is 19.6 Å². The number of aryl methyl sites for hydroxylation is 1. The molecule has 0 aromatic carbocycles. The van der Waals surface area contributed by atoms with Crippen LogP contribution in [-0.4, -0.2) is 44.7 Å². The third-order valence-electron chi connectivity index (χ3n) is 3.19. The number of hydrogen-bond acceptors (Lipinski definition) is 5. The van der Waals surface area contributed by atoms with Crippen molar-refractivity contribution in [1.82, 2.24) is 9.88 Å². The van der Waals surface area contributed by atoms with E-state index in [4.69, 9.17) is 0 Å². The van der Waals surface area contributed by atoms with Crippen molar-refractivity contribution in [2.24, 2.45) is 0 Å². The van der Waals surface area contributed by atoms with E-state index >= 15 is 0 Å². The molecule has 2 atom stereocenters. The van der Waals surface area contributed by atoms with E-state index in [9.17, 15) is 20.0 Å². The van der Waals surface area contributed by atoms with E-state index in [1.165, 1.54) is 24.0 Å². The lowest BCUT2D eigenvalue weighted by Crippen LogP contribution is -2.41. The van der Waals surface area contributed by atoms with Crippen LogP contribution >= 0.6 is 11.8 Å². The van der Waals surface area contributed by atoms with Crippen molar-refractivity contribution in [2.75, 3.05) is 12.9 Å². The summed E-state index contributed by atoms with van der Waals surface area (Å²) in [4.78, 5) is 22.6. The number of carbonyl (C=O) groups is 1. The molecule has 0 aliphatic heterocycles. The van der Waals surface area contributed by atoms with Gasteiger partial charge in [-0.1, -0.05) is 6.92 Å². The van der Waals surface area contributed by atoms with Crippen molar-refractivity contribution in [1.29, 1.82) is 0 Å². The minimum atomic E-state index is -0.509. The van der Waals surface area contributed by atoms with Crippen LogP contribution in [0.15, 0.2) is 12.3 Å². The fourth-order valence-corrected chi connectivity index (χ4v) is 2.65. The maximum Gasteiger partial charge on any atom is 0.287 e. The largest absolute Gasteiger partial charge is 0.395 e. The molecule has 1 aromatic rings. The van der Waals surface area contributed by atoms with Gasteiger partial charge in [0.2, 0.25) is 0 Å². The number of amides is 1. The molecule has 2 unspecified atom stereocenters. The summed E-state index contributed by atoms with van der Waals surface area (Å²) in [6.45, 7) is 4.23. The van der Waals surface area contributed by atoms with Crippen LogP contribution in [0.25, 0.3) is 0 Å². The van der Waals surface area contributed by atoms with Crippen LogP contribution in [0.1, 0.15) is 30.8 Å². The van der Waals surface area contributed by atoms with Crippen LogP contribution in [0, 0.1) is 10.1 Å². The summed E-state index contributed by atoms with van der Waals surface area (Å²) in [5, 5.41) is 22.7. The van der Waals surface area contributed by atoms with Crippen LogP contribution in [0.2, 0.25) is 0 Å². The Balaban J connectivity index is 2.92. The molecule has 2 N–H and O–H groups in total. The number of aromatic nitrogens is 1. The molecule has 0 aliphatic rings. The van der Waals surface area contributed by atoms with E-state index in [1.54, 1.807) is 11.5 Å². The van der Waals surface area contributed by atoms with Gasteiger partial charge in [-0.25, -0.2) is 0 Å². The van der Waals surface area contributed by atoms with Crippen LogP contribution < -0.4 is 5.32 Å². The van der Waals surface area contributed by atoms with Crippen molar-refractivity contribution in [3.05, 3.63) is 28.1 Å². The molecule has 1 aromatic heterocycles. The van der Waals surface area contributed by atoms with Gasteiger partial charge in [-0.3, -0.25) is 14.9 Å². The average Bonchev–Trinajstić information content (AvgIpc) is 2.85. The first-order valence-corrected chi connectivity index (χ1v) is 8.02. The molecule has 118 valence electrons. The molecule has 0 spiro atoms. The Morgan fingerprint density at radius 2 is 2.29 bits per heavy atom. The standard InChI is InChI=1S/C13H21N3O4S/c1-4-5-15-7-10(16(19)20)6-11(15)13(18)14-9(2)12(8-17)21-3/h6-7,9,12,17H,4-5,8H2,1-3H3,(H,14,18). The summed E-state index contributed by atoms with van der Waals surface area (Å²) >= 11 is 1.46. The van der Waals surface area contributed by atoms with E-state index in [-0.39, 0.29) is 35.2 Å². The zero-order valence-electron chi connectivity index (χ0n) is 12.4. The number of rotatable bonds is 8. The first-order valence-electron chi connectivity index (χ1n) is 6.73. The van der Waals surface area contributed by atoms with Crippen molar-refractivity contribution >= 4 is 23.4 Å². The molecular weight excluding hydrogens is 294 g/mol. The molecule has 0 fully saturated rings. The Labute approximate surface area is 127 Å². The van der Waals surface area contributed by atoms with Crippen molar-refractivity contribution in [3.63, 3.8) is 0 Å². The molecule has 21 heavy (non-hydrogen) atoms. The number of hydrogen-bond donors (Lipinski definition) is 2. The summed E-state index contributed by atoms with van der Waals surface area (Å²) in [5.74, 6) is -0.364. The monoisotopic (exact) mass is 315 g/mol. The van der Waals surface area contributed by atoms with Crippen molar-refractivity contribution < 1.29 is 14.8 Å². The van der Waals surface area contributed by atoms with Gasteiger partial charge in [-0.2, -0.15) is 11.8 Å². The van der Waals surface area contributed by atoms with Gasteiger partial charge in [0.05, 0.1) is 17.7 Å². The summed E-state index contributed by atoms with van der Waals surface area (Å²) in [7, 11) is 0. The molecular formula is C13H21N3O4S. The zero-order chi connectivity index (χ0) is 16.0. The molecule has 0 aliphatic carbocycles. The van der Waals surface area contributed by atoms with E-state index in [0.29, 0.717) is 6.54 Å². The minimum absolute atomic E-state index is 0.0429. The maximum absolute atomic E-state index is 12.3. The molecule has 0 saturated heterocycles. The summed E-state index contributed by atoms with van der Waals surface area (Å²) in [5.41, 5.74) is 0.179. The third-order valence-corrected chi connectivity index (χ3v) is 4.35. The van der Waals surface area contributed by atoms with Gasteiger partial charge >= 0.3 is 0 Å². The van der Waals surface area contributed by atoms with E-state index < -0.39 is 4.92 Å². The van der Waals surface area contributed by atoms with Gasteiger partial charge in [0.1, 0.15) is 5.69 Å². The Hall–Kier alpha value is -1.54. The van der Waals surface area contributed by atoms with Crippen LogP contribution in [0.5, 0.6) is 0 Å².